The molecule has 0 bridgehead atoms. The Morgan fingerprint density at radius 2 is 1.89 bits per heavy atom. The SMILES string of the molecule is CNc1cc(Oc2ccc(C)cc2)nc(C2CC2)n1. The lowest BCUT2D eigenvalue weighted by atomic mass is 10.2. The van der Waals surface area contributed by atoms with E-state index in [0.29, 0.717) is 11.8 Å². The summed E-state index contributed by atoms with van der Waals surface area (Å²) >= 11 is 0. The quantitative estimate of drug-likeness (QED) is 0.908. The van der Waals surface area contributed by atoms with Crippen LogP contribution >= 0.6 is 0 Å². The van der Waals surface area contributed by atoms with E-state index >= 15 is 0 Å². The van der Waals surface area contributed by atoms with E-state index in [9.17, 15) is 0 Å². The molecule has 0 saturated heterocycles. The Balaban J connectivity index is 1.86. The molecule has 2 aromatic rings. The minimum absolute atomic E-state index is 0.508. The van der Waals surface area contributed by atoms with Gasteiger partial charge in [-0.3, -0.25) is 0 Å². The molecule has 1 aromatic heterocycles. The zero-order valence-electron chi connectivity index (χ0n) is 11.2. The monoisotopic (exact) mass is 255 g/mol. The summed E-state index contributed by atoms with van der Waals surface area (Å²) < 4.78 is 5.80. The predicted molar refractivity (Wildman–Crippen MR) is 74.8 cm³/mol. The van der Waals surface area contributed by atoms with Crippen LogP contribution in [0.3, 0.4) is 0 Å². The van der Waals surface area contributed by atoms with Gasteiger partial charge in [-0.25, -0.2) is 4.98 Å². The summed E-state index contributed by atoms with van der Waals surface area (Å²) in [5.41, 5.74) is 1.21. The molecular formula is C15H17N3O. The first kappa shape index (κ1) is 12.0. The molecule has 1 N–H and O–H groups in total. The first-order chi connectivity index (χ1) is 9.24. The molecule has 0 spiro atoms. The second-order valence-corrected chi connectivity index (χ2v) is 4.89. The molecule has 0 unspecified atom stereocenters. The average Bonchev–Trinajstić information content (AvgIpc) is 3.25. The fourth-order valence-electron chi connectivity index (χ4n) is 1.87. The summed E-state index contributed by atoms with van der Waals surface area (Å²) in [5, 5.41) is 3.05. The van der Waals surface area contributed by atoms with Gasteiger partial charge in [0.05, 0.1) is 0 Å². The van der Waals surface area contributed by atoms with Crippen molar-refractivity contribution in [3.63, 3.8) is 0 Å². The van der Waals surface area contributed by atoms with Crippen LogP contribution in [0.15, 0.2) is 30.3 Å². The second kappa shape index (κ2) is 4.88. The summed E-state index contributed by atoms with van der Waals surface area (Å²) in [5.74, 6) is 3.60. The molecule has 0 radical (unpaired) electrons. The number of ether oxygens (including phenoxy) is 1. The Bertz CT molecular complexity index is 576. The van der Waals surface area contributed by atoms with Gasteiger partial charge in [-0.05, 0) is 31.9 Å². The molecular weight excluding hydrogens is 238 g/mol. The number of nitrogens with zero attached hydrogens (tertiary/aromatic N) is 2. The number of aromatic nitrogens is 2. The Morgan fingerprint density at radius 1 is 1.16 bits per heavy atom. The third-order valence-corrected chi connectivity index (χ3v) is 3.16. The Morgan fingerprint density at radius 3 is 2.53 bits per heavy atom. The molecule has 0 aliphatic heterocycles. The van der Waals surface area contributed by atoms with Crippen LogP contribution in [0.2, 0.25) is 0 Å². The summed E-state index contributed by atoms with van der Waals surface area (Å²) in [6.45, 7) is 2.05. The summed E-state index contributed by atoms with van der Waals surface area (Å²) in [6, 6.07) is 9.78. The number of anilines is 1. The Hall–Kier alpha value is -2.10. The van der Waals surface area contributed by atoms with Crippen molar-refractivity contribution in [2.75, 3.05) is 12.4 Å². The maximum absolute atomic E-state index is 5.80. The zero-order chi connectivity index (χ0) is 13.2. The molecule has 0 atom stereocenters. The summed E-state index contributed by atoms with van der Waals surface area (Å²) in [4.78, 5) is 8.96. The third-order valence-electron chi connectivity index (χ3n) is 3.16. The molecule has 3 rings (SSSR count). The molecule has 4 nitrogen and oxygen atoms in total. The largest absolute Gasteiger partial charge is 0.439 e. The predicted octanol–water partition coefficient (Wildman–Crippen LogP) is 3.50. The summed E-state index contributed by atoms with van der Waals surface area (Å²) in [6.07, 6.45) is 2.36. The lowest BCUT2D eigenvalue weighted by Crippen LogP contribution is -2.00. The van der Waals surface area contributed by atoms with Crippen LogP contribution in [0.1, 0.15) is 30.1 Å². The average molecular weight is 255 g/mol. The van der Waals surface area contributed by atoms with Gasteiger partial charge in [-0.2, -0.15) is 4.98 Å². The highest BCUT2D eigenvalue weighted by Crippen LogP contribution is 2.39. The first-order valence-corrected chi connectivity index (χ1v) is 6.56. The van der Waals surface area contributed by atoms with Crippen LogP contribution in [0.25, 0.3) is 0 Å². The van der Waals surface area contributed by atoms with Gasteiger partial charge >= 0.3 is 0 Å². The molecule has 98 valence electrons. The Labute approximate surface area is 112 Å². The van der Waals surface area contributed by atoms with Crippen LogP contribution in [0.5, 0.6) is 11.6 Å². The zero-order valence-corrected chi connectivity index (χ0v) is 11.2. The normalized spacial score (nSPS) is 14.2. The number of aryl methyl sites for hydroxylation is 1. The van der Waals surface area contributed by atoms with Crippen molar-refractivity contribution >= 4 is 5.82 Å². The smallest absolute Gasteiger partial charge is 0.224 e. The lowest BCUT2D eigenvalue weighted by molar-refractivity contribution is 0.459. The van der Waals surface area contributed by atoms with Gasteiger partial charge in [0.15, 0.2) is 0 Å². The second-order valence-electron chi connectivity index (χ2n) is 4.89. The van der Waals surface area contributed by atoms with Gasteiger partial charge in [0.1, 0.15) is 17.4 Å². The van der Waals surface area contributed by atoms with Crippen molar-refractivity contribution in [1.29, 1.82) is 0 Å². The number of rotatable bonds is 4. The van der Waals surface area contributed by atoms with E-state index in [2.05, 4.69) is 22.2 Å². The van der Waals surface area contributed by atoms with E-state index in [0.717, 1.165) is 17.4 Å². The van der Waals surface area contributed by atoms with E-state index in [4.69, 9.17) is 4.74 Å². The minimum atomic E-state index is 0.508. The summed E-state index contributed by atoms with van der Waals surface area (Å²) in [7, 11) is 1.86. The molecule has 1 aromatic carbocycles. The standard InChI is InChI=1S/C15H17N3O/c1-10-3-7-12(8-4-10)19-14-9-13(16-2)17-15(18-14)11-5-6-11/h3-4,7-9,11H,5-6H2,1-2H3,(H,16,17,18). The van der Waals surface area contributed by atoms with Crippen molar-refractivity contribution in [3.8, 4) is 11.6 Å². The highest BCUT2D eigenvalue weighted by molar-refractivity contribution is 5.40. The highest BCUT2D eigenvalue weighted by Gasteiger charge is 2.27. The molecule has 19 heavy (non-hydrogen) atoms. The van der Waals surface area contributed by atoms with Crippen LogP contribution < -0.4 is 10.1 Å². The fraction of sp³-hybridized carbons (Fsp3) is 0.333. The molecule has 0 amide bonds. The van der Waals surface area contributed by atoms with Crippen molar-refractivity contribution in [2.24, 2.45) is 0 Å². The lowest BCUT2D eigenvalue weighted by Gasteiger charge is -2.08. The van der Waals surface area contributed by atoms with Crippen LogP contribution in [0, 0.1) is 6.92 Å². The molecule has 1 aliphatic rings. The molecule has 1 aliphatic carbocycles. The van der Waals surface area contributed by atoms with E-state index in [1.54, 1.807) is 0 Å². The van der Waals surface area contributed by atoms with Gasteiger partial charge in [-0.1, -0.05) is 17.7 Å². The number of benzene rings is 1. The van der Waals surface area contributed by atoms with Crippen LogP contribution in [0.4, 0.5) is 5.82 Å². The van der Waals surface area contributed by atoms with Crippen LogP contribution in [-0.4, -0.2) is 17.0 Å². The molecule has 4 heteroatoms. The maximum Gasteiger partial charge on any atom is 0.224 e. The van der Waals surface area contributed by atoms with Crippen molar-refractivity contribution in [1.82, 2.24) is 9.97 Å². The van der Waals surface area contributed by atoms with Crippen LogP contribution in [-0.2, 0) is 0 Å². The fourth-order valence-corrected chi connectivity index (χ4v) is 1.87. The molecule has 1 heterocycles. The highest BCUT2D eigenvalue weighted by atomic mass is 16.5. The molecule has 1 fully saturated rings. The molecule has 1 saturated carbocycles. The van der Waals surface area contributed by atoms with Crippen molar-refractivity contribution in [3.05, 3.63) is 41.7 Å². The topological polar surface area (TPSA) is 47.0 Å². The van der Waals surface area contributed by atoms with Gasteiger partial charge in [0.25, 0.3) is 0 Å². The van der Waals surface area contributed by atoms with E-state index in [-0.39, 0.29) is 0 Å². The van der Waals surface area contributed by atoms with E-state index in [1.165, 1.54) is 18.4 Å². The minimum Gasteiger partial charge on any atom is -0.439 e. The van der Waals surface area contributed by atoms with E-state index in [1.807, 2.05) is 37.4 Å². The first-order valence-electron chi connectivity index (χ1n) is 6.56. The van der Waals surface area contributed by atoms with Gasteiger partial charge in [0, 0.05) is 19.0 Å². The van der Waals surface area contributed by atoms with Gasteiger partial charge in [-0.15, -0.1) is 0 Å². The van der Waals surface area contributed by atoms with Crippen molar-refractivity contribution in [2.45, 2.75) is 25.7 Å². The number of nitrogens with one attached hydrogen (secondary N) is 1. The van der Waals surface area contributed by atoms with E-state index < -0.39 is 0 Å². The number of hydrogen-bond acceptors (Lipinski definition) is 4. The third kappa shape index (κ3) is 2.84. The Kier molecular flexibility index (Phi) is 3.07. The number of hydrogen-bond donors (Lipinski definition) is 1. The maximum atomic E-state index is 5.80. The van der Waals surface area contributed by atoms with Crippen molar-refractivity contribution < 1.29 is 4.74 Å². The van der Waals surface area contributed by atoms with Gasteiger partial charge < -0.3 is 10.1 Å². The van der Waals surface area contributed by atoms with Gasteiger partial charge in [0.2, 0.25) is 5.88 Å².